The fourth-order valence-electron chi connectivity index (χ4n) is 1.07. The zero-order valence-electron chi connectivity index (χ0n) is 8.59. The van der Waals surface area contributed by atoms with E-state index in [1.165, 1.54) is 0 Å². The van der Waals surface area contributed by atoms with E-state index in [1.807, 2.05) is 20.8 Å². The molecule has 0 nitrogen and oxygen atoms in total. The summed E-state index contributed by atoms with van der Waals surface area (Å²) in [5, 5.41) is 0. The fourth-order valence-corrected chi connectivity index (χ4v) is 3.64. The predicted molar refractivity (Wildman–Crippen MR) is 52.8 cm³/mol. The molecule has 5 heteroatoms. The van der Waals surface area contributed by atoms with Crippen molar-refractivity contribution in [2.24, 2.45) is 0 Å². The van der Waals surface area contributed by atoms with Gasteiger partial charge in [0.15, 0.2) is 0 Å². The summed E-state index contributed by atoms with van der Waals surface area (Å²) in [4.78, 5) is 0. The Labute approximate surface area is 92.4 Å². The quantitative estimate of drug-likeness (QED) is 0.321. The van der Waals surface area contributed by atoms with Gasteiger partial charge in [-0.3, -0.25) is 0 Å². The second kappa shape index (κ2) is 4.17. The molecule has 0 amide bonds. The minimum absolute atomic E-state index is 0.0149. The first-order valence-electron chi connectivity index (χ1n) is 4.33. The van der Waals surface area contributed by atoms with Crippen LogP contribution in [0.5, 0.6) is 0 Å². The van der Waals surface area contributed by atoms with Gasteiger partial charge in [0.25, 0.3) is 0 Å². The summed E-state index contributed by atoms with van der Waals surface area (Å²) in [5.41, 5.74) is 0. The van der Waals surface area contributed by atoms with E-state index in [4.69, 9.17) is 0 Å². The van der Waals surface area contributed by atoms with Gasteiger partial charge in [-0.05, 0) is 0 Å². The molecule has 0 spiro atoms. The summed E-state index contributed by atoms with van der Waals surface area (Å²) in [6, 6.07) is 0.763. The molecule has 1 aromatic carbocycles. The summed E-state index contributed by atoms with van der Waals surface area (Å²) in [6.07, 6.45) is 0. The molecule has 1 rings (SSSR count). The Kier molecular flexibility index (Phi) is 3.49. The van der Waals surface area contributed by atoms with Crippen LogP contribution >= 0.6 is 0 Å². The number of halogens is 4. The Balaban J connectivity index is 3.21. The molecule has 84 valence electrons. The van der Waals surface area contributed by atoms with Gasteiger partial charge in [0, 0.05) is 0 Å². The van der Waals surface area contributed by atoms with Crippen molar-refractivity contribution in [1.82, 2.24) is 0 Å². The van der Waals surface area contributed by atoms with Crippen molar-refractivity contribution in [2.45, 2.75) is 25.0 Å². The zero-order valence-corrected chi connectivity index (χ0v) is 10.7. The normalized spacial score (nSPS) is 12.7. The van der Waals surface area contributed by atoms with Gasteiger partial charge in [-0.2, -0.15) is 0 Å². The van der Waals surface area contributed by atoms with E-state index in [0.717, 1.165) is 6.07 Å². The molecule has 0 aromatic heterocycles. The van der Waals surface area contributed by atoms with Gasteiger partial charge in [0.05, 0.1) is 0 Å². The second-order valence-corrected chi connectivity index (χ2v) is 9.02. The van der Waals surface area contributed by atoms with Crippen LogP contribution in [-0.2, 0) is 0 Å². The molecule has 1 aromatic rings. The molecule has 0 bridgehead atoms. The van der Waals surface area contributed by atoms with Crippen molar-refractivity contribution in [3.8, 4) is 0 Å². The summed E-state index contributed by atoms with van der Waals surface area (Å²) >= 11 is -1.05. The van der Waals surface area contributed by atoms with Gasteiger partial charge >= 0.3 is 92.0 Å². The Morgan fingerprint density at radius 3 is 1.93 bits per heavy atom. The van der Waals surface area contributed by atoms with Gasteiger partial charge in [-0.15, -0.1) is 0 Å². The van der Waals surface area contributed by atoms with E-state index in [1.54, 1.807) is 0 Å². The molecule has 0 saturated carbocycles. The van der Waals surface area contributed by atoms with Crippen LogP contribution in [-0.4, -0.2) is 15.8 Å². The summed E-state index contributed by atoms with van der Waals surface area (Å²) in [6.45, 7) is 5.56. The Morgan fingerprint density at radius 1 is 0.933 bits per heavy atom. The molecule has 0 saturated heterocycles. The van der Waals surface area contributed by atoms with Crippen molar-refractivity contribution in [2.75, 3.05) is 0 Å². The van der Waals surface area contributed by atoms with Crippen molar-refractivity contribution >= 4 is 20.1 Å². The summed E-state index contributed by atoms with van der Waals surface area (Å²) in [5.74, 6) is -6.02. The molecule has 0 fully saturated rings. The average molecular weight is 282 g/mol. The summed E-state index contributed by atoms with van der Waals surface area (Å²) < 4.78 is 51.3. The van der Waals surface area contributed by atoms with Crippen molar-refractivity contribution < 1.29 is 17.6 Å². The van der Waals surface area contributed by atoms with Crippen LogP contribution in [0.3, 0.4) is 0 Å². The number of rotatable bonds is 1. The molecule has 0 radical (unpaired) electrons. The average Bonchev–Trinajstić information content (AvgIpc) is 2.08. The Bertz CT molecular complexity index is 382. The molecule has 0 N–H and O–H groups in total. The second-order valence-electron chi connectivity index (χ2n) is 4.22. The third-order valence-corrected chi connectivity index (χ3v) is 4.51. The molecular formula is C10H11AsF4. The first-order chi connectivity index (χ1) is 6.72. The zero-order chi connectivity index (χ0) is 11.8. The molecule has 1 unspecified atom stereocenters. The van der Waals surface area contributed by atoms with E-state index in [-0.39, 0.29) is 8.55 Å². The number of hydrogen-bond donors (Lipinski definition) is 0. The summed E-state index contributed by atoms with van der Waals surface area (Å²) in [7, 11) is 0. The minimum atomic E-state index is -1.74. The van der Waals surface area contributed by atoms with Gasteiger partial charge in [0.2, 0.25) is 0 Å². The molecule has 1 atom stereocenters. The van der Waals surface area contributed by atoms with E-state index >= 15 is 0 Å². The van der Waals surface area contributed by atoms with Crippen LogP contribution in [0, 0.1) is 23.3 Å². The molecule has 0 aliphatic heterocycles. The van der Waals surface area contributed by atoms with Gasteiger partial charge < -0.3 is 0 Å². The molecule has 0 aliphatic carbocycles. The molecule has 0 aliphatic rings. The number of hydrogen-bond acceptors (Lipinski definition) is 0. The van der Waals surface area contributed by atoms with Crippen LogP contribution in [0.4, 0.5) is 17.6 Å². The van der Waals surface area contributed by atoms with Crippen LogP contribution in [0.15, 0.2) is 6.07 Å². The van der Waals surface area contributed by atoms with Gasteiger partial charge in [0.1, 0.15) is 0 Å². The standard InChI is InChI=1S/C10H11AsF4/c1-10(2,3)11-5-4-6(12)8(14)9(15)7(5)13/h4,11H,1-3H3. The molecule has 0 heterocycles. The fraction of sp³-hybridized carbons (Fsp3) is 0.400. The topological polar surface area (TPSA) is 0 Å². The first-order valence-corrected chi connectivity index (χ1v) is 6.43. The molecule has 15 heavy (non-hydrogen) atoms. The van der Waals surface area contributed by atoms with E-state index in [9.17, 15) is 17.6 Å². The van der Waals surface area contributed by atoms with Crippen LogP contribution in [0.1, 0.15) is 20.8 Å². The maximum atomic E-state index is 13.2. The first kappa shape index (κ1) is 12.6. The Morgan fingerprint density at radius 2 is 1.47 bits per heavy atom. The van der Waals surface area contributed by atoms with Crippen molar-refractivity contribution in [3.63, 3.8) is 0 Å². The van der Waals surface area contributed by atoms with Crippen LogP contribution in [0.2, 0.25) is 4.20 Å². The van der Waals surface area contributed by atoms with Gasteiger partial charge in [-0.1, -0.05) is 0 Å². The van der Waals surface area contributed by atoms with Gasteiger partial charge in [-0.25, -0.2) is 0 Å². The Hall–Kier alpha value is -0.502. The van der Waals surface area contributed by atoms with E-state index in [2.05, 4.69) is 0 Å². The van der Waals surface area contributed by atoms with Crippen LogP contribution < -0.4 is 4.35 Å². The maximum absolute atomic E-state index is 13.2. The van der Waals surface area contributed by atoms with Crippen molar-refractivity contribution in [3.05, 3.63) is 29.3 Å². The predicted octanol–water partition coefficient (Wildman–Crippen LogP) is 2.52. The number of benzene rings is 1. The van der Waals surface area contributed by atoms with E-state index < -0.39 is 39.0 Å². The van der Waals surface area contributed by atoms with Crippen molar-refractivity contribution in [1.29, 1.82) is 0 Å². The third kappa shape index (κ3) is 2.97. The monoisotopic (exact) mass is 282 g/mol. The SMILES string of the molecule is CC(C)(C)[AsH]c1cc(F)c(F)c(F)c1F. The van der Waals surface area contributed by atoms with Crippen LogP contribution in [0.25, 0.3) is 0 Å². The molecular weight excluding hydrogens is 271 g/mol. The van der Waals surface area contributed by atoms with E-state index in [0.29, 0.717) is 0 Å². The third-order valence-electron chi connectivity index (χ3n) is 1.61.